The maximum absolute atomic E-state index is 13.9. The molecule has 10 N–H and O–H groups in total. The first kappa shape index (κ1) is 62.7. The third-order valence-electron chi connectivity index (χ3n) is 13.4. The second-order valence-corrected chi connectivity index (χ2v) is 20.9. The summed E-state index contributed by atoms with van der Waals surface area (Å²) in [5, 5.41) is 33.0. The number of fused-ring (bicyclic) bond motifs is 1. The van der Waals surface area contributed by atoms with Crippen LogP contribution in [-0.4, -0.2) is 109 Å². The van der Waals surface area contributed by atoms with Crippen molar-refractivity contribution in [3.8, 4) is 17.2 Å². The molecular weight excluding hydrogens is 979 g/mol. The Morgan fingerprint density at radius 2 is 1.30 bits per heavy atom. The SMILES string of the molecule is CCCCNC(=O)C[C@H](O)[C@H](CC(C)C)NC(=O)[C@@H](NC(=O)c1ccc(Oc2ccc(C(=O)N[C@@H](CC(C)C)C(=O)N[C@@H](CCCCN)C(=O)NCCCC(C)Nc3cc(OC)cc4cccnc34)cc2)cc1)C(C)CC. The Morgan fingerprint density at radius 3 is 1.90 bits per heavy atom. The van der Waals surface area contributed by atoms with Crippen LogP contribution in [0.3, 0.4) is 0 Å². The minimum Gasteiger partial charge on any atom is -0.497 e. The topological polar surface area (TPSA) is 264 Å². The van der Waals surface area contributed by atoms with Gasteiger partial charge in [0.05, 0.1) is 36.9 Å². The van der Waals surface area contributed by atoms with Gasteiger partial charge < -0.3 is 57.5 Å². The molecule has 2 unspecified atom stereocenters. The number of benzene rings is 3. The van der Waals surface area contributed by atoms with Gasteiger partial charge in [0.25, 0.3) is 11.8 Å². The van der Waals surface area contributed by atoms with E-state index in [4.69, 9.17) is 15.2 Å². The zero-order chi connectivity index (χ0) is 56.4. The lowest BCUT2D eigenvalue weighted by Gasteiger charge is -2.30. The molecule has 0 spiro atoms. The molecule has 0 saturated heterocycles. The fourth-order valence-corrected chi connectivity index (χ4v) is 8.76. The van der Waals surface area contributed by atoms with Crippen LogP contribution in [0, 0.1) is 17.8 Å². The Bertz CT molecular complexity index is 2490. The quantitative estimate of drug-likeness (QED) is 0.0206. The standard InChI is InChI=1S/C59H87N9O9/c1-10-12-29-61-52(70)36-51(69)48(32-37(3)4)66-59(75)53(39(7)11-2)68-56(72)42-22-26-45(27-23-42)77-44-24-20-41(21-25-44)55(71)67-50(33-38(5)6)58(74)65-47(19-13-14-28-60)57(73)63-31-15-17-40(8)64-49-35-46(76-9)34-43-18-16-30-62-54(43)49/h16,18,20-27,30,34-35,37-40,47-48,50-51,53,64,69H,10-15,17,19,28-29,31-33,36,60H2,1-9H3,(H,61,70)(H,63,73)(H,65,74)(H,66,75)(H,67,71)(H,68,72)/t39?,40?,47-,48-,50-,51-,53-/m0/s1. The predicted octanol–water partition coefficient (Wildman–Crippen LogP) is 7.53. The number of pyridine rings is 1. The molecule has 4 rings (SSSR count). The summed E-state index contributed by atoms with van der Waals surface area (Å²) in [5.74, 6) is -0.957. The molecule has 18 nitrogen and oxygen atoms in total. The molecule has 6 amide bonds. The number of methoxy groups -OCH3 is 1. The summed E-state index contributed by atoms with van der Waals surface area (Å²) in [7, 11) is 1.63. The molecule has 7 atom stereocenters. The second-order valence-electron chi connectivity index (χ2n) is 20.9. The van der Waals surface area contributed by atoms with E-state index in [1.807, 2.05) is 72.7 Å². The van der Waals surface area contributed by atoms with E-state index in [2.05, 4.69) is 49.1 Å². The smallest absolute Gasteiger partial charge is 0.251 e. The summed E-state index contributed by atoms with van der Waals surface area (Å²) in [6, 6.07) is 17.3. The second kappa shape index (κ2) is 32.7. The first-order chi connectivity index (χ1) is 36.8. The molecule has 18 heteroatoms. The maximum atomic E-state index is 13.9. The van der Waals surface area contributed by atoms with E-state index < -0.39 is 53.9 Å². The molecule has 77 heavy (non-hydrogen) atoms. The number of rotatable bonds is 34. The van der Waals surface area contributed by atoms with Crippen LogP contribution in [0.1, 0.15) is 147 Å². The number of aliphatic hydroxyl groups excluding tert-OH is 1. The lowest BCUT2D eigenvalue weighted by molar-refractivity contribution is -0.130. The van der Waals surface area contributed by atoms with Crippen molar-refractivity contribution in [2.24, 2.45) is 23.5 Å². The number of aromatic nitrogens is 1. The van der Waals surface area contributed by atoms with E-state index in [9.17, 15) is 33.9 Å². The van der Waals surface area contributed by atoms with Crippen molar-refractivity contribution < 1.29 is 43.3 Å². The number of ether oxygens (including phenoxy) is 2. The average Bonchev–Trinajstić information content (AvgIpc) is 3.40. The van der Waals surface area contributed by atoms with Crippen LogP contribution >= 0.6 is 0 Å². The Balaban J connectivity index is 1.32. The lowest BCUT2D eigenvalue weighted by Crippen LogP contribution is -2.55. The first-order valence-electron chi connectivity index (χ1n) is 27.6. The van der Waals surface area contributed by atoms with Gasteiger partial charge in [0.1, 0.15) is 35.4 Å². The highest BCUT2D eigenvalue weighted by molar-refractivity contribution is 5.99. The van der Waals surface area contributed by atoms with Crippen molar-refractivity contribution in [3.05, 3.63) is 90.1 Å². The summed E-state index contributed by atoms with van der Waals surface area (Å²) in [6.07, 6.45) is 6.75. The van der Waals surface area contributed by atoms with Gasteiger partial charge in [0, 0.05) is 47.9 Å². The number of nitrogens with zero attached hydrogens (tertiary/aromatic N) is 1. The number of nitrogens with two attached hydrogens (primary N) is 1. The van der Waals surface area contributed by atoms with E-state index in [1.165, 1.54) is 0 Å². The monoisotopic (exact) mass is 1070 g/mol. The molecule has 0 aliphatic heterocycles. The van der Waals surface area contributed by atoms with E-state index in [0.29, 0.717) is 87.2 Å². The number of amides is 6. The Morgan fingerprint density at radius 1 is 0.662 bits per heavy atom. The van der Waals surface area contributed by atoms with Crippen LogP contribution in [0.25, 0.3) is 10.9 Å². The maximum Gasteiger partial charge on any atom is 0.251 e. The number of carbonyl (C=O) groups excluding carboxylic acids is 6. The number of carbonyl (C=O) groups is 6. The van der Waals surface area contributed by atoms with Crippen LogP contribution < -0.4 is 52.4 Å². The van der Waals surface area contributed by atoms with Crippen molar-refractivity contribution in [3.63, 3.8) is 0 Å². The number of aliphatic hydroxyl groups is 1. The molecule has 1 heterocycles. The minimum atomic E-state index is -1.11. The molecule has 422 valence electrons. The van der Waals surface area contributed by atoms with Crippen LogP contribution in [-0.2, 0) is 19.2 Å². The first-order valence-corrected chi connectivity index (χ1v) is 27.6. The van der Waals surface area contributed by atoms with Crippen molar-refractivity contribution in [1.29, 1.82) is 0 Å². The van der Waals surface area contributed by atoms with E-state index in [0.717, 1.165) is 41.6 Å². The Hall–Kier alpha value is -6.79. The molecular formula is C59H87N9O9. The summed E-state index contributed by atoms with van der Waals surface area (Å²) in [6.45, 7) is 17.1. The third-order valence-corrected chi connectivity index (χ3v) is 13.4. The molecule has 4 aromatic rings. The fourth-order valence-electron chi connectivity index (χ4n) is 8.76. The van der Waals surface area contributed by atoms with Gasteiger partial charge in [-0.3, -0.25) is 33.8 Å². The van der Waals surface area contributed by atoms with Crippen LogP contribution in [0.5, 0.6) is 17.2 Å². The molecule has 1 aromatic heterocycles. The highest BCUT2D eigenvalue weighted by Gasteiger charge is 2.32. The van der Waals surface area contributed by atoms with Crippen molar-refractivity contribution in [2.75, 3.05) is 32.1 Å². The molecule has 0 bridgehead atoms. The van der Waals surface area contributed by atoms with Gasteiger partial charge in [-0.15, -0.1) is 0 Å². The molecule has 0 saturated carbocycles. The largest absolute Gasteiger partial charge is 0.497 e. The molecule has 3 aromatic carbocycles. The van der Waals surface area contributed by atoms with Gasteiger partial charge in [-0.2, -0.15) is 0 Å². The van der Waals surface area contributed by atoms with Gasteiger partial charge in [-0.05, 0) is 143 Å². The zero-order valence-corrected chi connectivity index (χ0v) is 46.8. The highest BCUT2D eigenvalue weighted by Crippen LogP contribution is 2.29. The predicted molar refractivity (Wildman–Crippen MR) is 303 cm³/mol. The summed E-state index contributed by atoms with van der Waals surface area (Å²) in [5.41, 5.74) is 8.07. The Kier molecular flexibility index (Phi) is 26.7. The van der Waals surface area contributed by atoms with Crippen LogP contribution in [0.2, 0.25) is 0 Å². The van der Waals surface area contributed by atoms with Gasteiger partial charge in [0.15, 0.2) is 0 Å². The molecule has 0 fully saturated rings. The molecule has 0 aliphatic rings. The zero-order valence-electron chi connectivity index (χ0n) is 46.8. The third kappa shape index (κ3) is 21.3. The highest BCUT2D eigenvalue weighted by atomic mass is 16.5. The molecule has 0 radical (unpaired) electrons. The lowest BCUT2D eigenvalue weighted by atomic mass is 9.94. The van der Waals surface area contributed by atoms with Crippen molar-refractivity contribution >= 4 is 52.0 Å². The van der Waals surface area contributed by atoms with E-state index in [-0.39, 0.29) is 42.0 Å². The van der Waals surface area contributed by atoms with Gasteiger partial charge in [0.2, 0.25) is 23.6 Å². The number of unbranched alkanes of at least 4 members (excludes halogenated alkanes) is 2. The Labute approximate surface area is 455 Å². The summed E-state index contributed by atoms with van der Waals surface area (Å²) < 4.78 is 11.5. The summed E-state index contributed by atoms with van der Waals surface area (Å²) >= 11 is 0. The van der Waals surface area contributed by atoms with Crippen molar-refractivity contribution in [1.82, 2.24) is 36.9 Å². The number of anilines is 1. The summed E-state index contributed by atoms with van der Waals surface area (Å²) in [4.78, 5) is 85.5. The fraction of sp³-hybridized carbons (Fsp3) is 0.542. The van der Waals surface area contributed by atoms with E-state index >= 15 is 0 Å². The number of hydrogen-bond donors (Lipinski definition) is 9. The van der Waals surface area contributed by atoms with Crippen LogP contribution in [0.4, 0.5) is 5.69 Å². The number of hydrogen-bond acceptors (Lipinski definition) is 12. The minimum absolute atomic E-state index is 0.0417. The van der Waals surface area contributed by atoms with Gasteiger partial charge >= 0.3 is 0 Å². The normalized spacial score (nSPS) is 14.0. The molecule has 0 aliphatic carbocycles. The van der Waals surface area contributed by atoms with Gasteiger partial charge in [-0.1, -0.05) is 67.4 Å². The van der Waals surface area contributed by atoms with Gasteiger partial charge in [-0.25, -0.2) is 0 Å². The average molecular weight is 1070 g/mol. The number of nitrogens with one attached hydrogen (secondary N) is 7. The van der Waals surface area contributed by atoms with Crippen LogP contribution in [0.15, 0.2) is 79.0 Å². The van der Waals surface area contributed by atoms with Crippen molar-refractivity contribution in [2.45, 2.75) is 162 Å². The van der Waals surface area contributed by atoms with E-state index in [1.54, 1.807) is 61.8 Å².